The summed E-state index contributed by atoms with van der Waals surface area (Å²) in [5.41, 5.74) is 1.02. The quantitative estimate of drug-likeness (QED) is 0.735. The molecule has 2 N–H and O–H groups in total. The minimum Gasteiger partial charge on any atom is -0.380 e. The summed E-state index contributed by atoms with van der Waals surface area (Å²) in [6.07, 6.45) is 0. The number of hydrogen-bond acceptors (Lipinski definition) is 3. The van der Waals surface area contributed by atoms with Crippen molar-refractivity contribution in [1.29, 1.82) is 5.26 Å². The maximum atomic E-state index is 13.0. The van der Waals surface area contributed by atoms with Crippen LogP contribution in [0.25, 0.3) is 0 Å². The van der Waals surface area contributed by atoms with Gasteiger partial charge in [0.25, 0.3) is 0 Å². The predicted octanol–water partition coefficient (Wildman–Crippen LogP) is 1.08. The van der Waals surface area contributed by atoms with E-state index in [2.05, 4.69) is 10.6 Å². The maximum Gasteiger partial charge on any atom is 0.126 e. The van der Waals surface area contributed by atoms with E-state index >= 15 is 0 Å². The van der Waals surface area contributed by atoms with Crippen molar-refractivity contribution in [3.8, 4) is 6.07 Å². The van der Waals surface area contributed by atoms with E-state index in [0.717, 1.165) is 13.1 Å². The van der Waals surface area contributed by atoms with Crippen molar-refractivity contribution < 1.29 is 4.39 Å². The van der Waals surface area contributed by atoms with Crippen LogP contribution < -0.4 is 10.6 Å². The Balaban J connectivity index is 2.16. The third-order valence-corrected chi connectivity index (χ3v) is 2.18. The molecule has 2 rings (SSSR count). The van der Waals surface area contributed by atoms with Crippen molar-refractivity contribution >= 4 is 5.69 Å². The number of benzene rings is 1. The predicted molar refractivity (Wildman–Crippen MR) is 51.4 cm³/mol. The van der Waals surface area contributed by atoms with Gasteiger partial charge >= 0.3 is 0 Å². The standard InChI is InChI=1S/C10H10FN3/c11-8-1-7(4-12)2-9(3-8)14-10-5-13-6-10/h1-3,10,13-14H,5-6H2. The van der Waals surface area contributed by atoms with Crippen molar-refractivity contribution in [2.24, 2.45) is 0 Å². The zero-order valence-electron chi connectivity index (χ0n) is 7.55. The molecule has 1 aromatic rings. The molecule has 0 bridgehead atoms. The van der Waals surface area contributed by atoms with Gasteiger partial charge in [0.2, 0.25) is 0 Å². The topological polar surface area (TPSA) is 47.9 Å². The van der Waals surface area contributed by atoms with Crippen LogP contribution >= 0.6 is 0 Å². The minimum absolute atomic E-state index is 0.347. The van der Waals surface area contributed by atoms with Crippen molar-refractivity contribution in [1.82, 2.24) is 5.32 Å². The second kappa shape index (κ2) is 3.64. The van der Waals surface area contributed by atoms with E-state index in [9.17, 15) is 4.39 Å². The molecule has 1 heterocycles. The third kappa shape index (κ3) is 1.83. The number of halogens is 1. The second-order valence-corrected chi connectivity index (χ2v) is 3.34. The van der Waals surface area contributed by atoms with Crippen LogP contribution in [0.5, 0.6) is 0 Å². The van der Waals surface area contributed by atoms with Crippen molar-refractivity contribution in [2.75, 3.05) is 18.4 Å². The zero-order valence-corrected chi connectivity index (χ0v) is 7.55. The molecular formula is C10H10FN3. The van der Waals surface area contributed by atoms with Crippen molar-refractivity contribution in [3.05, 3.63) is 29.6 Å². The molecule has 72 valence electrons. The van der Waals surface area contributed by atoms with Crippen LogP contribution in [0, 0.1) is 17.1 Å². The Morgan fingerprint density at radius 3 is 2.79 bits per heavy atom. The molecule has 1 fully saturated rings. The highest BCUT2D eigenvalue weighted by atomic mass is 19.1. The van der Waals surface area contributed by atoms with E-state index in [1.807, 2.05) is 6.07 Å². The van der Waals surface area contributed by atoms with Gasteiger partial charge in [-0.25, -0.2) is 4.39 Å². The fraction of sp³-hybridized carbons (Fsp3) is 0.300. The fourth-order valence-electron chi connectivity index (χ4n) is 1.36. The molecule has 0 saturated carbocycles. The highest BCUT2D eigenvalue weighted by molar-refractivity contribution is 5.50. The fourth-order valence-corrected chi connectivity index (χ4v) is 1.36. The third-order valence-electron chi connectivity index (χ3n) is 2.18. The highest BCUT2D eigenvalue weighted by Gasteiger charge is 2.16. The largest absolute Gasteiger partial charge is 0.380 e. The average Bonchev–Trinajstić information content (AvgIpc) is 2.10. The number of nitrogens with zero attached hydrogens (tertiary/aromatic N) is 1. The first kappa shape index (κ1) is 8.97. The monoisotopic (exact) mass is 191 g/mol. The molecule has 1 aromatic carbocycles. The van der Waals surface area contributed by atoms with Gasteiger partial charge in [0.15, 0.2) is 0 Å². The van der Waals surface area contributed by atoms with Gasteiger partial charge in [0.1, 0.15) is 5.82 Å². The zero-order chi connectivity index (χ0) is 9.97. The van der Waals surface area contributed by atoms with Gasteiger partial charge in [-0.3, -0.25) is 0 Å². The summed E-state index contributed by atoms with van der Waals surface area (Å²) in [4.78, 5) is 0. The Hall–Kier alpha value is -1.60. The van der Waals surface area contributed by atoms with E-state index < -0.39 is 0 Å². The Labute approximate surface area is 81.5 Å². The lowest BCUT2D eigenvalue weighted by Crippen LogP contribution is -2.51. The summed E-state index contributed by atoms with van der Waals surface area (Å²) in [5.74, 6) is -0.376. The summed E-state index contributed by atoms with van der Waals surface area (Å²) in [7, 11) is 0. The average molecular weight is 191 g/mol. The van der Waals surface area contributed by atoms with Crippen LogP contribution in [-0.2, 0) is 0 Å². The first-order valence-corrected chi connectivity index (χ1v) is 4.46. The molecule has 14 heavy (non-hydrogen) atoms. The van der Waals surface area contributed by atoms with E-state index in [1.54, 1.807) is 6.07 Å². The van der Waals surface area contributed by atoms with E-state index in [4.69, 9.17) is 5.26 Å². The summed E-state index contributed by atoms with van der Waals surface area (Å²) >= 11 is 0. The summed E-state index contributed by atoms with van der Waals surface area (Å²) in [6, 6.07) is 6.55. The minimum atomic E-state index is -0.376. The van der Waals surface area contributed by atoms with E-state index in [1.165, 1.54) is 12.1 Å². The highest BCUT2D eigenvalue weighted by Crippen LogP contribution is 2.15. The first-order valence-electron chi connectivity index (χ1n) is 4.46. The Kier molecular flexibility index (Phi) is 2.33. The lowest BCUT2D eigenvalue weighted by atomic mass is 10.1. The molecule has 1 saturated heterocycles. The molecule has 0 amide bonds. The van der Waals surface area contributed by atoms with E-state index in [-0.39, 0.29) is 5.82 Å². The summed E-state index contributed by atoms with van der Waals surface area (Å²) in [6.45, 7) is 1.77. The van der Waals surface area contributed by atoms with Gasteiger partial charge in [-0.05, 0) is 18.2 Å². The van der Waals surface area contributed by atoms with Crippen LogP contribution in [0.1, 0.15) is 5.56 Å². The van der Waals surface area contributed by atoms with Gasteiger partial charge in [-0.15, -0.1) is 0 Å². The van der Waals surface area contributed by atoms with Crippen molar-refractivity contribution in [3.63, 3.8) is 0 Å². The summed E-state index contributed by atoms with van der Waals surface area (Å²) in [5, 5.41) is 14.9. The molecule has 0 aliphatic carbocycles. The lowest BCUT2D eigenvalue weighted by Gasteiger charge is -2.29. The number of anilines is 1. The number of rotatable bonds is 2. The molecule has 1 aliphatic heterocycles. The molecule has 0 atom stereocenters. The van der Waals surface area contributed by atoms with Gasteiger partial charge < -0.3 is 10.6 Å². The summed E-state index contributed by atoms with van der Waals surface area (Å²) < 4.78 is 13.0. The molecule has 4 heteroatoms. The number of hydrogen-bond donors (Lipinski definition) is 2. The molecule has 0 radical (unpaired) electrons. The molecular weight excluding hydrogens is 181 g/mol. The van der Waals surface area contributed by atoms with Gasteiger partial charge in [-0.2, -0.15) is 5.26 Å². The van der Waals surface area contributed by atoms with Gasteiger partial charge in [-0.1, -0.05) is 0 Å². The lowest BCUT2D eigenvalue weighted by molar-refractivity contribution is 0.472. The van der Waals surface area contributed by atoms with Crippen LogP contribution in [0.3, 0.4) is 0 Å². The van der Waals surface area contributed by atoms with Crippen molar-refractivity contribution in [2.45, 2.75) is 6.04 Å². The first-order chi connectivity index (χ1) is 6.78. The molecule has 3 nitrogen and oxygen atoms in total. The Morgan fingerprint density at radius 1 is 1.43 bits per heavy atom. The Bertz CT molecular complexity index is 379. The van der Waals surface area contributed by atoms with Crippen LogP contribution in [0.4, 0.5) is 10.1 Å². The van der Waals surface area contributed by atoms with Crippen LogP contribution in [0.15, 0.2) is 18.2 Å². The number of nitrogens with one attached hydrogen (secondary N) is 2. The second-order valence-electron chi connectivity index (χ2n) is 3.34. The van der Waals surface area contributed by atoms with Crippen LogP contribution in [-0.4, -0.2) is 19.1 Å². The molecule has 0 spiro atoms. The Morgan fingerprint density at radius 2 is 2.21 bits per heavy atom. The number of nitriles is 1. The molecule has 0 unspecified atom stereocenters. The van der Waals surface area contributed by atoms with E-state index in [0.29, 0.717) is 17.3 Å². The smallest absolute Gasteiger partial charge is 0.126 e. The normalized spacial score (nSPS) is 15.7. The van der Waals surface area contributed by atoms with Crippen LogP contribution in [0.2, 0.25) is 0 Å². The maximum absolute atomic E-state index is 13.0. The van der Waals surface area contributed by atoms with Gasteiger partial charge in [0.05, 0.1) is 17.7 Å². The molecule has 0 aromatic heterocycles. The SMILES string of the molecule is N#Cc1cc(F)cc(NC2CNC2)c1. The van der Waals surface area contributed by atoms with Gasteiger partial charge in [0, 0.05) is 18.8 Å². The molecule has 1 aliphatic rings.